The molecule has 1 aliphatic carbocycles. The quantitative estimate of drug-likeness (QED) is 0.147. The summed E-state index contributed by atoms with van der Waals surface area (Å²) in [5, 5.41) is 0. The van der Waals surface area contributed by atoms with Gasteiger partial charge in [0.25, 0.3) is 0 Å². The van der Waals surface area contributed by atoms with Gasteiger partial charge >= 0.3 is 0 Å². The molecule has 2 nitrogen and oxygen atoms in total. The zero-order valence-electron chi connectivity index (χ0n) is 26.1. The van der Waals surface area contributed by atoms with Gasteiger partial charge in [-0.1, -0.05) is 103 Å². The molecule has 1 aliphatic rings. The molecule has 218 valence electrons. The molecule has 4 heteroatoms. The SMILES string of the molecule is CCCCC(CC)CC1(CC(CC)CCCC)c2cc(-c3scnc3C)ccc2-c2ccc(-c3scnc3C)cc21. The van der Waals surface area contributed by atoms with Crippen LogP contribution >= 0.6 is 22.7 Å². The third kappa shape index (κ3) is 5.97. The maximum atomic E-state index is 4.62. The molecule has 0 N–H and O–H groups in total. The molecule has 2 aromatic carbocycles. The second-order valence-corrected chi connectivity index (χ2v) is 14.1. The van der Waals surface area contributed by atoms with Gasteiger partial charge in [0.05, 0.1) is 32.2 Å². The van der Waals surface area contributed by atoms with Gasteiger partial charge in [-0.2, -0.15) is 0 Å². The summed E-state index contributed by atoms with van der Waals surface area (Å²) in [5.41, 5.74) is 15.0. The number of hydrogen-bond acceptors (Lipinski definition) is 4. The zero-order valence-corrected chi connectivity index (χ0v) is 27.7. The number of thiazole rings is 2. The Labute approximate surface area is 256 Å². The van der Waals surface area contributed by atoms with Crippen LogP contribution in [0, 0.1) is 25.7 Å². The molecule has 2 unspecified atom stereocenters. The third-order valence-electron chi connectivity index (χ3n) is 9.74. The van der Waals surface area contributed by atoms with Gasteiger partial charge in [0, 0.05) is 5.41 Å². The van der Waals surface area contributed by atoms with Crippen LogP contribution in [0.15, 0.2) is 47.4 Å². The van der Waals surface area contributed by atoms with Crippen LogP contribution in [-0.4, -0.2) is 9.97 Å². The van der Waals surface area contributed by atoms with Gasteiger partial charge in [-0.05, 0) is 84.0 Å². The summed E-state index contributed by atoms with van der Waals surface area (Å²) in [6, 6.07) is 14.7. The number of rotatable bonds is 14. The highest BCUT2D eigenvalue weighted by molar-refractivity contribution is 7.13. The largest absolute Gasteiger partial charge is 0.249 e. The molecule has 0 spiro atoms. The Morgan fingerprint density at radius 2 is 1.10 bits per heavy atom. The molecular weight excluding hydrogens is 537 g/mol. The topological polar surface area (TPSA) is 25.8 Å². The Bertz CT molecular complexity index is 1340. The standard InChI is InChI=1S/C37H48N2S2/c1-7-11-13-27(9-3)21-37(22-28(10-4)14-12-8-2)33-19-29(35-25(5)38-23-40-35)15-17-31(33)32-18-16-30(20-34(32)37)36-26(6)39-24-41-36/h15-20,23-24,27-28H,7-14,21-22H2,1-6H3. The van der Waals surface area contributed by atoms with Gasteiger partial charge in [0.15, 0.2) is 0 Å². The van der Waals surface area contributed by atoms with Crippen LogP contribution in [-0.2, 0) is 5.41 Å². The summed E-state index contributed by atoms with van der Waals surface area (Å²) in [7, 11) is 0. The van der Waals surface area contributed by atoms with Crippen molar-refractivity contribution in [1.29, 1.82) is 0 Å². The van der Waals surface area contributed by atoms with E-state index in [4.69, 9.17) is 0 Å². The molecule has 0 aliphatic heterocycles. The average molecular weight is 585 g/mol. The minimum atomic E-state index is 0.0245. The fraction of sp³-hybridized carbons (Fsp3) is 0.514. The first-order chi connectivity index (χ1) is 19.9. The van der Waals surface area contributed by atoms with E-state index in [0.29, 0.717) is 0 Å². The van der Waals surface area contributed by atoms with Crippen molar-refractivity contribution in [3.63, 3.8) is 0 Å². The van der Waals surface area contributed by atoms with E-state index in [1.165, 1.54) is 96.2 Å². The molecule has 0 amide bonds. The number of aromatic nitrogens is 2. The number of aryl methyl sites for hydroxylation is 2. The number of benzene rings is 2. The molecule has 2 aromatic heterocycles. The van der Waals surface area contributed by atoms with Crippen molar-refractivity contribution in [2.24, 2.45) is 11.8 Å². The molecule has 0 saturated heterocycles. The first-order valence-electron chi connectivity index (χ1n) is 16.1. The summed E-state index contributed by atoms with van der Waals surface area (Å²) in [6.07, 6.45) is 12.8. The minimum absolute atomic E-state index is 0.0245. The van der Waals surface area contributed by atoms with Crippen LogP contribution in [0.1, 0.15) is 114 Å². The molecule has 5 rings (SSSR count). The number of hydrogen-bond donors (Lipinski definition) is 0. The van der Waals surface area contributed by atoms with E-state index in [0.717, 1.165) is 23.2 Å². The van der Waals surface area contributed by atoms with Crippen molar-refractivity contribution in [3.05, 3.63) is 69.9 Å². The minimum Gasteiger partial charge on any atom is -0.249 e. The lowest BCUT2D eigenvalue weighted by Gasteiger charge is -2.39. The second kappa shape index (κ2) is 13.3. The Balaban J connectivity index is 1.74. The molecule has 2 heterocycles. The molecular formula is C37H48N2S2. The highest BCUT2D eigenvalue weighted by Crippen LogP contribution is 2.58. The molecule has 4 aromatic rings. The molecule has 0 radical (unpaired) electrons. The Morgan fingerprint density at radius 3 is 1.44 bits per heavy atom. The molecule has 2 atom stereocenters. The van der Waals surface area contributed by atoms with Gasteiger partial charge < -0.3 is 0 Å². The van der Waals surface area contributed by atoms with Crippen LogP contribution in [0.2, 0.25) is 0 Å². The van der Waals surface area contributed by atoms with Crippen LogP contribution in [0.3, 0.4) is 0 Å². The number of nitrogens with zero attached hydrogens (tertiary/aromatic N) is 2. The van der Waals surface area contributed by atoms with Gasteiger partial charge in [-0.25, -0.2) is 9.97 Å². The van der Waals surface area contributed by atoms with Crippen LogP contribution in [0.4, 0.5) is 0 Å². The first-order valence-corrected chi connectivity index (χ1v) is 17.8. The number of fused-ring (bicyclic) bond motifs is 3. The van der Waals surface area contributed by atoms with Crippen LogP contribution in [0.25, 0.3) is 32.0 Å². The summed E-state index contributed by atoms with van der Waals surface area (Å²) in [5.74, 6) is 1.44. The van der Waals surface area contributed by atoms with Crippen molar-refractivity contribution in [3.8, 4) is 32.0 Å². The fourth-order valence-corrected chi connectivity index (χ4v) is 8.94. The van der Waals surface area contributed by atoms with Crippen molar-refractivity contribution in [2.45, 2.75) is 111 Å². The van der Waals surface area contributed by atoms with E-state index in [9.17, 15) is 0 Å². The van der Waals surface area contributed by atoms with E-state index >= 15 is 0 Å². The van der Waals surface area contributed by atoms with Gasteiger partial charge in [0.1, 0.15) is 0 Å². The summed E-state index contributed by atoms with van der Waals surface area (Å²) >= 11 is 3.55. The lowest BCUT2D eigenvalue weighted by Crippen LogP contribution is -2.31. The second-order valence-electron chi connectivity index (χ2n) is 12.4. The van der Waals surface area contributed by atoms with Gasteiger partial charge in [0.2, 0.25) is 0 Å². The summed E-state index contributed by atoms with van der Waals surface area (Å²) in [6.45, 7) is 13.8. The van der Waals surface area contributed by atoms with E-state index in [1.807, 2.05) is 11.0 Å². The maximum absolute atomic E-state index is 4.62. The summed E-state index contributed by atoms with van der Waals surface area (Å²) < 4.78 is 0. The third-order valence-corrected chi connectivity index (χ3v) is 11.7. The molecule has 41 heavy (non-hydrogen) atoms. The van der Waals surface area contributed by atoms with E-state index in [1.54, 1.807) is 33.8 Å². The predicted octanol–water partition coefficient (Wildman–Crippen LogP) is 12.0. The fourth-order valence-electron chi connectivity index (χ4n) is 7.33. The predicted molar refractivity (Wildman–Crippen MR) is 180 cm³/mol. The Kier molecular flexibility index (Phi) is 9.81. The first kappa shape index (κ1) is 30.2. The summed E-state index contributed by atoms with van der Waals surface area (Å²) in [4.78, 5) is 11.9. The molecule has 0 bridgehead atoms. The number of unbranched alkanes of at least 4 members (excludes halogenated alkanes) is 2. The lowest BCUT2D eigenvalue weighted by molar-refractivity contribution is 0.266. The van der Waals surface area contributed by atoms with E-state index in [-0.39, 0.29) is 5.41 Å². The lowest BCUT2D eigenvalue weighted by atomic mass is 9.65. The molecule has 0 fully saturated rings. The van der Waals surface area contributed by atoms with Crippen molar-refractivity contribution in [1.82, 2.24) is 9.97 Å². The maximum Gasteiger partial charge on any atom is 0.0801 e. The zero-order chi connectivity index (χ0) is 29.0. The van der Waals surface area contributed by atoms with Crippen LogP contribution < -0.4 is 0 Å². The monoisotopic (exact) mass is 584 g/mol. The van der Waals surface area contributed by atoms with Crippen LogP contribution in [0.5, 0.6) is 0 Å². The molecule has 0 saturated carbocycles. The van der Waals surface area contributed by atoms with Gasteiger partial charge in [-0.15, -0.1) is 22.7 Å². The van der Waals surface area contributed by atoms with E-state index in [2.05, 4.69) is 87.9 Å². The van der Waals surface area contributed by atoms with Crippen molar-refractivity contribution in [2.75, 3.05) is 0 Å². The van der Waals surface area contributed by atoms with Crippen molar-refractivity contribution < 1.29 is 0 Å². The highest BCUT2D eigenvalue weighted by Gasteiger charge is 2.45. The Morgan fingerprint density at radius 1 is 0.659 bits per heavy atom. The normalized spacial score (nSPS) is 15.1. The highest BCUT2D eigenvalue weighted by atomic mass is 32.1. The smallest absolute Gasteiger partial charge is 0.0801 e. The Hall–Kier alpha value is -2.30. The van der Waals surface area contributed by atoms with Gasteiger partial charge in [-0.3, -0.25) is 0 Å². The average Bonchev–Trinajstić information content (AvgIpc) is 3.69. The van der Waals surface area contributed by atoms with Crippen molar-refractivity contribution >= 4 is 22.7 Å². The van der Waals surface area contributed by atoms with E-state index < -0.39 is 0 Å².